The zero-order valence-corrected chi connectivity index (χ0v) is 23.3. The Hall–Kier alpha value is -2.54. The summed E-state index contributed by atoms with van der Waals surface area (Å²) in [5, 5.41) is 2.88. The molecule has 1 aromatic rings. The van der Waals surface area contributed by atoms with E-state index in [2.05, 4.69) is 43.4 Å². The smallest absolute Gasteiger partial charge is 0.223 e. The lowest BCUT2D eigenvalue weighted by molar-refractivity contribution is -0.126. The highest BCUT2D eigenvalue weighted by molar-refractivity contribution is 5.81. The van der Waals surface area contributed by atoms with Gasteiger partial charge in [0.25, 0.3) is 0 Å². The molecule has 36 heavy (non-hydrogen) atoms. The summed E-state index contributed by atoms with van der Waals surface area (Å²) in [4.78, 5) is 23.9. The highest BCUT2D eigenvalue weighted by Crippen LogP contribution is 2.31. The van der Waals surface area contributed by atoms with E-state index in [1.807, 2.05) is 19.9 Å². The largest absolute Gasteiger partial charge is 0.493 e. The van der Waals surface area contributed by atoms with Crippen LogP contribution < -0.4 is 20.5 Å². The fraction of sp³-hybridized carbons (Fsp3) is 0.655. The number of nitrogens with two attached hydrogens (primary N) is 1. The second kappa shape index (κ2) is 17.0. The highest BCUT2D eigenvalue weighted by Gasteiger charge is 2.22. The maximum Gasteiger partial charge on any atom is 0.223 e. The highest BCUT2D eigenvalue weighted by atomic mass is 16.5. The van der Waals surface area contributed by atoms with Crippen molar-refractivity contribution in [1.82, 2.24) is 5.32 Å². The Balaban J connectivity index is 2.74. The Morgan fingerprint density at radius 1 is 0.972 bits per heavy atom. The van der Waals surface area contributed by atoms with Crippen LogP contribution in [0.25, 0.3) is 0 Å². The summed E-state index contributed by atoms with van der Waals surface area (Å²) in [6, 6.07) is 6.15. The van der Waals surface area contributed by atoms with Crippen molar-refractivity contribution in [1.29, 1.82) is 0 Å². The fourth-order valence-electron chi connectivity index (χ4n) is 3.92. The van der Waals surface area contributed by atoms with Crippen LogP contribution >= 0.6 is 0 Å². The average molecular weight is 505 g/mol. The summed E-state index contributed by atoms with van der Waals surface area (Å²) in [7, 11) is 3.34. The van der Waals surface area contributed by atoms with Crippen LogP contribution in [0.3, 0.4) is 0 Å². The van der Waals surface area contributed by atoms with E-state index in [4.69, 9.17) is 19.9 Å². The molecule has 1 aromatic carbocycles. The number of rotatable bonds is 18. The predicted octanol–water partition coefficient (Wildman–Crippen LogP) is 4.77. The van der Waals surface area contributed by atoms with Gasteiger partial charge in [-0.05, 0) is 54.7 Å². The Morgan fingerprint density at radius 2 is 1.67 bits per heavy atom. The van der Waals surface area contributed by atoms with Gasteiger partial charge in [0.05, 0.1) is 19.6 Å². The lowest BCUT2D eigenvalue weighted by Gasteiger charge is -2.21. The average Bonchev–Trinajstić information content (AvgIpc) is 2.83. The normalized spacial score (nSPS) is 14.1. The molecule has 0 bridgehead atoms. The Bertz CT molecular complexity index is 822. The first-order valence-corrected chi connectivity index (χ1v) is 13.1. The van der Waals surface area contributed by atoms with Crippen molar-refractivity contribution >= 4 is 11.8 Å². The summed E-state index contributed by atoms with van der Waals surface area (Å²) in [6.07, 6.45) is 7.67. The summed E-state index contributed by atoms with van der Waals surface area (Å²) >= 11 is 0. The van der Waals surface area contributed by atoms with Gasteiger partial charge < -0.3 is 25.3 Å². The third-order valence-electron chi connectivity index (χ3n) is 6.62. The summed E-state index contributed by atoms with van der Waals surface area (Å²) < 4.78 is 16.5. The van der Waals surface area contributed by atoms with Crippen molar-refractivity contribution in [3.8, 4) is 11.5 Å². The molecule has 0 aliphatic carbocycles. The van der Waals surface area contributed by atoms with Crippen molar-refractivity contribution < 1.29 is 23.8 Å². The molecular weight excluding hydrogens is 456 g/mol. The topological polar surface area (TPSA) is 99.9 Å². The molecule has 7 nitrogen and oxygen atoms in total. The molecule has 7 heteroatoms. The first-order valence-electron chi connectivity index (χ1n) is 13.1. The molecule has 0 saturated heterocycles. The Kier molecular flexibility index (Phi) is 14.9. The van der Waals surface area contributed by atoms with E-state index in [1.165, 1.54) is 5.56 Å². The number of ether oxygens (including phenoxy) is 3. The van der Waals surface area contributed by atoms with Gasteiger partial charge in [0.2, 0.25) is 11.8 Å². The summed E-state index contributed by atoms with van der Waals surface area (Å²) in [5.74, 6) is 1.71. The van der Waals surface area contributed by atoms with Crippen molar-refractivity contribution in [2.45, 2.75) is 60.3 Å². The number of hydrogen-bond donors (Lipinski definition) is 2. The van der Waals surface area contributed by atoms with E-state index in [-0.39, 0.29) is 30.2 Å². The van der Waals surface area contributed by atoms with Crippen LogP contribution in [-0.2, 0) is 20.7 Å². The van der Waals surface area contributed by atoms with Gasteiger partial charge in [0.1, 0.15) is 0 Å². The molecular formula is C29H48N2O5. The van der Waals surface area contributed by atoms with Gasteiger partial charge in [-0.15, -0.1) is 0 Å². The fourth-order valence-corrected chi connectivity index (χ4v) is 3.92. The lowest BCUT2D eigenvalue weighted by Crippen LogP contribution is -2.39. The van der Waals surface area contributed by atoms with E-state index in [0.717, 1.165) is 30.8 Å². The quantitative estimate of drug-likeness (QED) is 0.222. The lowest BCUT2D eigenvalue weighted by atomic mass is 9.85. The maximum atomic E-state index is 12.7. The zero-order chi connectivity index (χ0) is 27.1. The molecule has 0 aliphatic heterocycles. The number of hydrogen-bond acceptors (Lipinski definition) is 5. The number of benzene rings is 1. The van der Waals surface area contributed by atoms with E-state index in [1.54, 1.807) is 21.1 Å². The van der Waals surface area contributed by atoms with Gasteiger partial charge in [-0.1, -0.05) is 52.8 Å². The molecule has 0 radical (unpaired) electrons. The third kappa shape index (κ3) is 11.5. The number of allylic oxidation sites excluding steroid dienone is 2. The molecule has 204 valence electrons. The second-order valence-electron chi connectivity index (χ2n) is 10.2. The molecule has 0 spiro atoms. The molecule has 3 N–H and O–H groups in total. The van der Waals surface area contributed by atoms with Crippen LogP contribution in [0.5, 0.6) is 11.5 Å². The number of carbonyl (C=O) groups excluding carboxylic acids is 2. The van der Waals surface area contributed by atoms with Crippen molar-refractivity contribution in [3.05, 3.63) is 35.9 Å². The van der Waals surface area contributed by atoms with E-state index in [0.29, 0.717) is 31.5 Å². The number of nitrogens with one attached hydrogen (secondary N) is 1. The minimum absolute atomic E-state index is 0.0283. The summed E-state index contributed by atoms with van der Waals surface area (Å²) in [5.41, 5.74) is 6.52. The Labute approximate surface area is 218 Å². The van der Waals surface area contributed by atoms with Crippen LogP contribution in [0.15, 0.2) is 30.4 Å². The minimum atomic E-state index is -0.405. The van der Waals surface area contributed by atoms with E-state index < -0.39 is 5.91 Å². The number of primary amides is 1. The van der Waals surface area contributed by atoms with E-state index in [9.17, 15) is 9.59 Å². The van der Waals surface area contributed by atoms with Gasteiger partial charge in [0.15, 0.2) is 11.5 Å². The SMILES string of the molecule is COCCCOc1cc(C[C@@H](C/C=C\C[C@H](C(=O)NCC(C)C(N)=O)C(C)C)C(C)C)ccc1OC. The molecule has 1 rings (SSSR count). The van der Waals surface area contributed by atoms with Crippen molar-refractivity contribution in [2.75, 3.05) is 34.0 Å². The molecule has 2 amide bonds. The van der Waals surface area contributed by atoms with Crippen molar-refractivity contribution in [2.24, 2.45) is 35.3 Å². The van der Waals surface area contributed by atoms with Gasteiger partial charge >= 0.3 is 0 Å². The first kappa shape index (κ1) is 31.5. The number of methoxy groups -OCH3 is 2. The standard InChI is InChI=1S/C29H48N2O5/c1-20(2)24(17-23-13-14-26(35-7)27(18-23)36-16-10-15-34-6)11-8-9-12-25(21(3)4)29(33)31-19-22(5)28(30)32/h8-9,13-14,18,20-22,24-25H,10-12,15-17,19H2,1-7H3,(H2,30,32)(H,31,33)/b9-8-/t22?,24-,25+/m1/s1. The van der Waals surface area contributed by atoms with Crippen molar-refractivity contribution in [3.63, 3.8) is 0 Å². The Morgan fingerprint density at radius 3 is 2.25 bits per heavy atom. The van der Waals surface area contributed by atoms with Gasteiger partial charge in [-0.25, -0.2) is 0 Å². The number of carbonyl (C=O) groups is 2. The van der Waals surface area contributed by atoms with Gasteiger partial charge in [-0.3, -0.25) is 9.59 Å². The van der Waals surface area contributed by atoms with Crippen LogP contribution in [0.1, 0.15) is 59.4 Å². The van der Waals surface area contributed by atoms with Crippen LogP contribution in [0.2, 0.25) is 0 Å². The van der Waals surface area contributed by atoms with Gasteiger partial charge in [0, 0.05) is 32.6 Å². The molecule has 1 unspecified atom stereocenters. The zero-order valence-electron chi connectivity index (χ0n) is 23.3. The molecule has 0 saturated carbocycles. The molecule has 3 atom stereocenters. The summed E-state index contributed by atoms with van der Waals surface area (Å²) in [6.45, 7) is 11.8. The molecule has 0 aromatic heterocycles. The van der Waals surface area contributed by atoms with E-state index >= 15 is 0 Å². The monoisotopic (exact) mass is 504 g/mol. The first-order chi connectivity index (χ1) is 17.1. The molecule has 0 fully saturated rings. The second-order valence-corrected chi connectivity index (χ2v) is 10.2. The predicted molar refractivity (Wildman–Crippen MR) is 145 cm³/mol. The third-order valence-corrected chi connectivity index (χ3v) is 6.62. The van der Waals surface area contributed by atoms with Crippen LogP contribution in [0.4, 0.5) is 0 Å². The van der Waals surface area contributed by atoms with Crippen LogP contribution in [-0.4, -0.2) is 45.8 Å². The molecule has 0 aliphatic rings. The minimum Gasteiger partial charge on any atom is -0.493 e. The van der Waals surface area contributed by atoms with Gasteiger partial charge in [-0.2, -0.15) is 0 Å². The van der Waals surface area contributed by atoms with Crippen LogP contribution in [0, 0.1) is 29.6 Å². The number of amides is 2. The molecule has 0 heterocycles. The maximum absolute atomic E-state index is 12.7.